The van der Waals surface area contributed by atoms with Gasteiger partial charge < -0.3 is 19.7 Å². The average Bonchev–Trinajstić information content (AvgIpc) is 2.84. The number of rotatable bonds is 6. The van der Waals surface area contributed by atoms with Crippen LogP contribution in [0.25, 0.3) is 0 Å². The number of aryl methyl sites for hydroxylation is 1. The number of nitrogens with one attached hydrogen (secondary N) is 1. The standard InChI is InChI=1S/C26H32N2O4/c1-20-6-5-7-21(18-20)26(12-3-2-4-13-26)25(30)27-22-8-10-23(11-9-22)32-19-24(29)28-14-16-31-17-15-28/h5-11,18H,2-4,12-17,19H2,1H3,(H,27,30). The number of carbonyl (C=O) groups is 2. The second kappa shape index (κ2) is 10.2. The van der Waals surface area contributed by atoms with Gasteiger partial charge in [-0.3, -0.25) is 9.59 Å². The van der Waals surface area contributed by atoms with E-state index >= 15 is 0 Å². The monoisotopic (exact) mass is 436 g/mol. The van der Waals surface area contributed by atoms with Crippen LogP contribution in [-0.4, -0.2) is 49.6 Å². The van der Waals surface area contributed by atoms with Gasteiger partial charge in [0.2, 0.25) is 5.91 Å². The van der Waals surface area contributed by atoms with Crippen molar-refractivity contribution in [2.45, 2.75) is 44.4 Å². The maximum absolute atomic E-state index is 13.5. The number of nitrogens with zero attached hydrogens (tertiary/aromatic N) is 1. The molecule has 1 saturated carbocycles. The summed E-state index contributed by atoms with van der Waals surface area (Å²) in [7, 11) is 0. The summed E-state index contributed by atoms with van der Waals surface area (Å²) < 4.78 is 10.9. The number of anilines is 1. The van der Waals surface area contributed by atoms with Gasteiger partial charge in [-0.1, -0.05) is 49.1 Å². The summed E-state index contributed by atoms with van der Waals surface area (Å²) in [6.45, 7) is 4.43. The van der Waals surface area contributed by atoms with Gasteiger partial charge >= 0.3 is 0 Å². The van der Waals surface area contributed by atoms with Crippen LogP contribution in [0, 0.1) is 6.92 Å². The molecule has 32 heavy (non-hydrogen) atoms. The third-order valence-corrected chi connectivity index (χ3v) is 6.55. The van der Waals surface area contributed by atoms with Crippen molar-refractivity contribution < 1.29 is 19.1 Å². The molecule has 1 saturated heterocycles. The summed E-state index contributed by atoms with van der Waals surface area (Å²) in [5.41, 5.74) is 2.54. The fraction of sp³-hybridized carbons (Fsp3) is 0.462. The van der Waals surface area contributed by atoms with Crippen molar-refractivity contribution in [2.75, 3.05) is 38.2 Å². The Morgan fingerprint density at radius 3 is 2.44 bits per heavy atom. The van der Waals surface area contributed by atoms with Gasteiger partial charge in [-0.25, -0.2) is 0 Å². The van der Waals surface area contributed by atoms with Gasteiger partial charge in [0, 0.05) is 18.8 Å². The number of carbonyl (C=O) groups excluding carboxylic acids is 2. The van der Waals surface area contributed by atoms with Gasteiger partial charge in [-0.15, -0.1) is 0 Å². The fourth-order valence-corrected chi connectivity index (χ4v) is 4.68. The van der Waals surface area contributed by atoms with Gasteiger partial charge in [0.25, 0.3) is 5.91 Å². The summed E-state index contributed by atoms with van der Waals surface area (Å²) in [6.07, 6.45) is 5.03. The molecule has 2 aromatic rings. The van der Waals surface area contributed by atoms with Crippen LogP contribution >= 0.6 is 0 Å². The Labute approximate surface area is 189 Å². The van der Waals surface area contributed by atoms with Crippen LogP contribution in [0.1, 0.15) is 43.2 Å². The van der Waals surface area contributed by atoms with Gasteiger partial charge in [0.15, 0.2) is 6.61 Å². The number of amides is 2. The predicted molar refractivity (Wildman–Crippen MR) is 124 cm³/mol. The highest BCUT2D eigenvalue weighted by Crippen LogP contribution is 2.40. The molecule has 1 aliphatic carbocycles. The van der Waals surface area contributed by atoms with Crippen molar-refractivity contribution in [1.29, 1.82) is 0 Å². The Morgan fingerprint density at radius 2 is 1.75 bits per heavy atom. The summed E-state index contributed by atoms with van der Waals surface area (Å²) in [6, 6.07) is 15.6. The lowest BCUT2D eigenvalue weighted by atomic mass is 9.68. The molecule has 0 atom stereocenters. The molecule has 2 aromatic carbocycles. The zero-order chi connectivity index (χ0) is 22.4. The van der Waals surface area contributed by atoms with E-state index in [-0.39, 0.29) is 18.4 Å². The molecular formula is C26H32N2O4. The van der Waals surface area contributed by atoms with E-state index in [1.165, 1.54) is 12.0 Å². The Morgan fingerprint density at radius 1 is 1.03 bits per heavy atom. The summed E-state index contributed by atoms with van der Waals surface area (Å²) in [4.78, 5) is 27.5. The van der Waals surface area contributed by atoms with Gasteiger partial charge in [-0.05, 0) is 49.6 Å². The maximum Gasteiger partial charge on any atom is 0.260 e. The number of hydrogen-bond donors (Lipinski definition) is 1. The number of benzene rings is 2. The minimum atomic E-state index is -0.482. The maximum atomic E-state index is 13.5. The van der Waals surface area contributed by atoms with Crippen LogP contribution in [0.15, 0.2) is 48.5 Å². The molecule has 0 unspecified atom stereocenters. The molecule has 6 nitrogen and oxygen atoms in total. The summed E-state index contributed by atoms with van der Waals surface area (Å²) in [5, 5.41) is 3.13. The van der Waals surface area contributed by atoms with E-state index in [0.717, 1.165) is 36.9 Å². The molecule has 170 valence electrons. The van der Waals surface area contributed by atoms with Crippen LogP contribution in [-0.2, 0) is 19.7 Å². The molecule has 1 heterocycles. The van der Waals surface area contributed by atoms with Gasteiger partial charge in [0.1, 0.15) is 5.75 Å². The summed E-state index contributed by atoms with van der Waals surface area (Å²) in [5.74, 6) is 0.623. The SMILES string of the molecule is Cc1cccc(C2(C(=O)Nc3ccc(OCC(=O)N4CCOCC4)cc3)CCCCC2)c1. The highest BCUT2D eigenvalue weighted by atomic mass is 16.5. The molecule has 0 spiro atoms. The van der Waals surface area contributed by atoms with E-state index in [1.807, 2.05) is 18.2 Å². The number of ether oxygens (including phenoxy) is 2. The van der Waals surface area contributed by atoms with E-state index in [2.05, 4.69) is 30.4 Å². The molecule has 1 aliphatic heterocycles. The van der Waals surface area contributed by atoms with Crippen LogP contribution in [0.2, 0.25) is 0 Å². The van der Waals surface area contributed by atoms with Crippen molar-refractivity contribution in [3.8, 4) is 5.75 Å². The zero-order valence-electron chi connectivity index (χ0n) is 18.8. The Balaban J connectivity index is 1.39. The summed E-state index contributed by atoms with van der Waals surface area (Å²) >= 11 is 0. The molecule has 2 fully saturated rings. The molecule has 2 aliphatic rings. The van der Waals surface area contributed by atoms with Crippen molar-refractivity contribution in [3.05, 3.63) is 59.7 Å². The Hall–Kier alpha value is -2.86. The first-order chi connectivity index (χ1) is 15.6. The van der Waals surface area contributed by atoms with Crippen molar-refractivity contribution >= 4 is 17.5 Å². The van der Waals surface area contributed by atoms with Crippen LogP contribution in [0.3, 0.4) is 0 Å². The Kier molecular flexibility index (Phi) is 7.10. The fourth-order valence-electron chi connectivity index (χ4n) is 4.68. The zero-order valence-corrected chi connectivity index (χ0v) is 18.8. The van der Waals surface area contributed by atoms with Crippen molar-refractivity contribution in [3.63, 3.8) is 0 Å². The molecule has 0 radical (unpaired) electrons. The van der Waals surface area contributed by atoms with Crippen LogP contribution in [0.4, 0.5) is 5.69 Å². The van der Waals surface area contributed by atoms with E-state index in [1.54, 1.807) is 17.0 Å². The minimum Gasteiger partial charge on any atom is -0.484 e. The normalized spacial score (nSPS) is 18.1. The van der Waals surface area contributed by atoms with Crippen molar-refractivity contribution in [2.24, 2.45) is 0 Å². The van der Waals surface area contributed by atoms with Crippen LogP contribution in [0.5, 0.6) is 5.75 Å². The second-order valence-electron chi connectivity index (χ2n) is 8.77. The first-order valence-corrected chi connectivity index (χ1v) is 11.5. The largest absolute Gasteiger partial charge is 0.484 e. The average molecular weight is 437 g/mol. The third-order valence-electron chi connectivity index (χ3n) is 6.55. The topological polar surface area (TPSA) is 67.9 Å². The molecule has 2 amide bonds. The molecule has 1 N–H and O–H groups in total. The first-order valence-electron chi connectivity index (χ1n) is 11.5. The molecule has 0 aromatic heterocycles. The predicted octanol–water partition coefficient (Wildman–Crippen LogP) is 4.07. The lowest BCUT2D eigenvalue weighted by molar-refractivity contribution is -0.137. The third kappa shape index (κ3) is 5.13. The number of hydrogen-bond acceptors (Lipinski definition) is 4. The van der Waals surface area contributed by atoms with Crippen molar-refractivity contribution in [1.82, 2.24) is 4.90 Å². The lowest BCUT2D eigenvalue weighted by Crippen LogP contribution is -2.43. The molecule has 6 heteroatoms. The quantitative estimate of drug-likeness (QED) is 0.741. The van der Waals surface area contributed by atoms with Gasteiger partial charge in [0.05, 0.1) is 18.6 Å². The minimum absolute atomic E-state index is 0.00216. The van der Waals surface area contributed by atoms with E-state index in [4.69, 9.17) is 9.47 Å². The van der Waals surface area contributed by atoms with E-state index < -0.39 is 5.41 Å². The van der Waals surface area contributed by atoms with E-state index in [9.17, 15) is 9.59 Å². The molecular weight excluding hydrogens is 404 g/mol. The highest BCUT2D eigenvalue weighted by molar-refractivity contribution is 5.99. The molecule has 0 bridgehead atoms. The molecule has 4 rings (SSSR count). The number of morpholine rings is 1. The van der Waals surface area contributed by atoms with E-state index in [0.29, 0.717) is 32.1 Å². The van der Waals surface area contributed by atoms with Crippen LogP contribution < -0.4 is 10.1 Å². The Bertz CT molecular complexity index is 929. The second-order valence-corrected chi connectivity index (χ2v) is 8.77. The highest BCUT2D eigenvalue weighted by Gasteiger charge is 2.41. The smallest absolute Gasteiger partial charge is 0.260 e. The van der Waals surface area contributed by atoms with Gasteiger partial charge in [-0.2, -0.15) is 0 Å². The lowest BCUT2D eigenvalue weighted by Gasteiger charge is -2.36. The first kappa shape index (κ1) is 22.3.